The monoisotopic (exact) mass is 363 g/mol. The summed E-state index contributed by atoms with van der Waals surface area (Å²) < 4.78 is 37.9. The van der Waals surface area contributed by atoms with Gasteiger partial charge in [-0.1, -0.05) is 0 Å². The molecule has 0 heterocycles. The number of anilines is 1. The molecular weight excluding hydrogens is 342 g/mol. The molecule has 0 aliphatic heterocycles. The van der Waals surface area contributed by atoms with E-state index in [2.05, 4.69) is 4.72 Å². The molecular formula is C18H21NO5S. The van der Waals surface area contributed by atoms with E-state index in [4.69, 9.17) is 9.47 Å². The van der Waals surface area contributed by atoms with Crippen molar-refractivity contribution in [3.63, 3.8) is 0 Å². The van der Waals surface area contributed by atoms with Gasteiger partial charge < -0.3 is 9.47 Å². The van der Waals surface area contributed by atoms with Crippen LogP contribution in [0, 0.1) is 13.8 Å². The van der Waals surface area contributed by atoms with Gasteiger partial charge in [-0.3, -0.25) is 4.72 Å². The Balaban J connectivity index is 2.27. The molecule has 0 unspecified atom stereocenters. The Kier molecular flexibility index (Phi) is 5.69. The quantitative estimate of drug-likeness (QED) is 0.797. The van der Waals surface area contributed by atoms with Gasteiger partial charge in [0, 0.05) is 5.69 Å². The smallest absolute Gasteiger partial charge is 0.338 e. The fourth-order valence-electron chi connectivity index (χ4n) is 2.38. The maximum atomic E-state index is 12.7. The predicted octanol–water partition coefficient (Wildman–Crippen LogP) is 3.29. The Morgan fingerprint density at radius 3 is 2.24 bits per heavy atom. The van der Waals surface area contributed by atoms with Gasteiger partial charge in [0.2, 0.25) is 0 Å². The molecule has 25 heavy (non-hydrogen) atoms. The first kappa shape index (κ1) is 18.8. The van der Waals surface area contributed by atoms with Gasteiger partial charge in [0.25, 0.3) is 10.0 Å². The zero-order valence-electron chi connectivity index (χ0n) is 14.6. The number of carbonyl (C=O) groups excluding carboxylic acids is 1. The number of sulfonamides is 1. The van der Waals surface area contributed by atoms with Gasteiger partial charge in [0.05, 0.1) is 24.2 Å². The second-order valence-corrected chi connectivity index (χ2v) is 7.07. The number of hydrogen-bond acceptors (Lipinski definition) is 5. The van der Waals surface area contributed by atoms with Crippen LogP contribution in [0.4, 0.5) is 5.69 Å². The maximum Gasteiger partial charge on any atom is 0.338 e. The molecule has 0 fully saturated rings. The van der Waals surface area contributed by atoms with Crippen molar-refractivity contribution in [2.45, 2.75) is 25.7 Å². The number of rotatable bonds is 6. The molecule has 0 aliphatic carbocycles. The zero-order chi connectivity index (χ0) is 18.6. The van der Waals surface area contributed by atoms with E-state index in [9.17, 15) is 13.2 Å². The fourth-order valence-corrected chi connectivity index (χ4v) is 3.74. The van der Waals surface area contributed by atoms with E-state index >= 15 is 0 Å². The predicted molar refractivity (Wildman–Crippen MR) is 95.7 cm³/mol. The number of methoxy groups -OCH3 is 1. The highest BCUT2D eigenvalue weighted by Gasteiger charge is 2.20. The lowest BCUT2D eigenvalue weighted by molar-refractivity contribution is 0.0526. The van der Waals surface area contributed by atoms with Gasteiger partial charge in [-0.2, -0.15) is 0 Å². The molecule has 0 atom stereocenters. The highest BCUT2D eigenvalue weighted by molar-refractivity contribution is 7.92. The molecule has 0 aromatic heterocycles. The van der Waals surface area contributed by atoms with E-state index in [0.717, 1.165) is 5.56 Å². The summed E-state index contributed by atoms with van der Waals surface area (Å²) in [5.41, 5.74) is 2.11. The average Bonchev–Trinajstić information content (AvgIpc) is 2.57. The van der Waals surface area contributed by atoms with Gasteiger partial charge in [0.15, 0.2) is 0 Å². The summed E-state index contributed by atoms with van der Waals surface area (Å²) in [5, 5.41) is 0. The van der Waals surface area contributed by atoms with E-state index in [1.807, 2.05) is 0 Å². The summed E-state index contributed by atoms with van der Waals surface area (Å²) in [5.74, 6) is 0.189. The third kappa shape index (κ3) is 4.11. The van der Waals surface area contributed by atoms with Crippen LogP contribution in [0.2, 0.25) is 0 Å². The lowest BCUT2D eigenvalue weighted by Gasteiger charge is -2.14. The van der Waals surface area contributed by atoms with Crippen molar-refractivity contribution in [1.29, 1.82) is 0 Å². The van der Waals surface area contributed by atoms with Crippen LogP contribution in [-0.4, -0.2) is 28.1 Å². The number of carbonyl (C=O) groups is 1. The van der Waals surface area contributed by atoms with Gasteiger partial charge in [-0.25, -0.2) is 13.2 Å². The first-order valence-corrected chi connectivity index (χ1v) is 9.22. The lowest BCUT2D eigenvalue weighted by Crippen LogP contribution is -2.15. The molecule has 0 amide bonds. The normalized spacial score (nSPS) is 11.0. The van der Waals surface area contributed by atoms with Crippen LogP contribution >= 0.6 is 0 Å². The van der Waals surface area contributed by atoms with Crippen LogP contribution in [0.5, 0.6) is 5.75 Å². The lowest BCUT2D eigenvalue weighted by atomic mass is 10.1. The Bertz CT molecular complexity index is 873. The van der Waals surface area contributed by atoms with Crippen molar-refractivity contribution in [3.05, 3.63) is 53.1 Å². The molecule has 2 aromatic rings. The Morgan fingerprint density at radius 2 is 1.68 bits per heavy atom. The third-order valence-electron chi connectivity index (χ3n) is 3.85. The Morgan fingerprint density at radius 1 is 1.04 bits per heavy atom. The SMILES string of the molecule is CCOC(=O)c1ccc(NS(=O)(=O)c2ccc(OC)c(C)c2C)cc1. The van der Waals surface area contributed by atoms with Crippen LogP contribution < -0.4 is 9.46 Å². The van der Waals surface area contributed by atoms with Crippen molar-refractivity contribution in [2.24, 2.45) is 0 Å². The van der Waals surface area contributed by atoms with E-state index < -0.39 is 16.0 Å². The molecule has 2 rings (SSSR count). The maximum absolute atomic E-state index is 12.7. The minimum absolute atomic E-state index is 0.181. The van der Waals surface area contributed by atoms with Crippen molar-refractivity contribution < 1.29 is 22.7 Å². The van der Waals surface area contributed by atoms with Crippen molar-refractivity contribution in [1.82, 2.24) is 0 Å². The molecule has 0 saturated heterocycles. The molecule has 0 aliphatic rings. The molecule has 6 nitrogen and oxygen atoms in total. The first-order chi connectivity index (χ1) is 11.8. The van der Waals surface area contributed by atoms with Gasteiger partial charge in [-0.05, 0) is 68.3 Å². The van der Waals surface area contributed by atoms with Crippen LogP contribution in [-0.2, 0) is 14.8 Å². The largest absolute Gasteiger partial charge is 0.496 e. The summed E-state index contributed by atoms with van der Waals surface area (Å²) >= 11 is 0. The van der Waals surface area contributed by atoms with Crippen molar-refractivity contribution in [3.8, 4) is 5.75 Å². The molecule has 0 bridgehead atoms. The number of esters is 1. The molecule has 0 spiro atoms. The Labute approximate surface area is 147 Å². The van der Waals surface area contributed by atoms with Crippen molar-refractivity contribution >= 4 is 21.7 Å². The standard InChI is InChI=1S/C18H21NO5S/c1-5-24-18(20)14-6-8-15(9-7-14)19-25(21,22)17-11-10-16(23-4)12(2)13(17)3/h6-11,19H,5H2,1-4H3. The molecule has 0 radical (unpaired) electrons. The highest BCUT2D eigenvalue weighted by atomic mass is 32.2. The molecule has 2 aromatic carbocycles. The summed E-state index contributed by atoms with van der Waals surface area (Å²) in [6.07, 6.45) is 0. The van der Waals surface area contributed by atoms with Crippen LogP contribution in [0.25, 0.3) is 0 Å². The van der Waals surface area contributed by atoms with Gasteiger partial charge in [0.1, 0.15) is 5.75 Å². The number of nitrogens with one attached hydrogen (secondary N) is 1. The summed E-state index contributed by atoms with van der Waals surface area (Å²) in [7, 11) is -2.22. The summed E-state index contributed by atoms with van der Waals surface area (Å²) in [6.45, 7) is 5.54. The Hall–Kier alpha value is -2.54. The number of hydrogen-bond donors (Lipinski definition) is 1. The van der Waals surface area contributed by atoms with Crippen LogP contribution in [0.1, 0.15) is 28.4 Å². The van der Waals surface area contributed by atoms with Crippen molar-refractivity contribution in [2.75, 3.05) is 18.4 Å². The second kappa shape index (κ2) is 7.57. The highest BCUT2D eigenvalue weighted by Crippen LogP contribution is 2.28. The first-order valence-electron chi connectivity index (χ1n) is 7.74. The second-order valence-electron chi connectivity index (χ2n) is 5.42. The van der Waals surface area contributed by atoms with Crippen LogP contribution in [0.3, 0.4) is 0 Å². The number of benzene rings is 2. The third-order valence-corrected chi connectivity index (χ3v) is 5.37. The average molecular weight is 363 g/mol. The minimum atomic E-state index is -3.76. The molecule has 7 heteroatoms. The van der Waals surface area contributed by atoms with Gasteiger partial charge in [-0.15, -0.1) is 0 Å². The summed E-state index contributed by atoms with van der Waals surface area (Å²) in [6, 6.07) is 9.21. The van der Waals surface area contributed by atoms with E-state index in [1.54, 1.807) is 33.9 Å². The van der Waals surface area contributed by atoms with E-state index in [0.29, 0.717) is 22.6 Å². The summed E-state index contributed by atoms with van der Waals surface area (Å²) in [4.78, 5) is 11.8. The topological polar surface area (TPSA) is 81.7 Å². The zero-order valence-corrected chi connectivity index (χ0v) is 15.4. The molecule has 134 valence electrons. The van der Waals surface area contributed by atoms with E-state index in [-0.39, 0.29) is 11.5 Å². The molecule has 1 N–H and O–H groups in total. The van der Waals surface area contributed by atoms with E-state index in [1.165, 1.54) is 30.3 Å². The van der Waals surface area contributed by atoms with Gasteiger partial charge >= 0.3 is 5.97 Å². The number of ether oxygens (including phenoxy) is 2. The fraction of sp³-hybridized carbons (Fsp3) is 0.278. The van der Waals surface area contributed by atoms with Crippen LogP contribution in [0.15, 0.2) is 41.3 Å². The molecule has 0 saturated carbocycles. The minimum Gasteiger partial charge on any atom is -0.496 e.